The highest BCUT2D eigenvalue weighted by molar-refractivity contribution is 5.84. The maximum atomic E-state index is 11.8. The molecule has 0 spiro atoms. The van der Waals surface area contributed by atoms with Crippen LogP contribution < -0.4 is 10.6 Å². The van der Waals surface area contributed by atoms with Gasteiger partial charge >= 0.3 is 0 Å². The molecule has 2 N–H and O–H groups in total. The Labute approximate surface area is 72.9 Å². The zero-order chi connectivity index (χ0) is 8.39. The van der Waals surface area contributed by atoms with E-state index in [9.17, 15) is 4.79 Å². The van der Waals surface area contributed by atoms with Crippen LogP contribution in [0.2, 0.25) is 0 Å². The summed E-state index contributed by atoms with van der Waals surface area (Å²) in [4.78, 5) is 11.8. The lowest BCUT2D eigenvalue weighted by atomic mass is 9.91. The van der Waals surface area contributed by atoms with E-state index in [1.54, 1.807) is 0 Å². The number of carbonyl (C=O) groups excluding carboxylic acids is 1. The van der Waals surface area contributed by atoms with Gasteiger partial charge in [-0.1, -0.05) is 0 Å². The second-order valence-corrected chi connectivity index (χ2v) is 3.78. The molecule has 0 aromatic carbocycles. The number of carbonyl (C=O) groups is 1. The standard InChI is InChI=1S/C9H16N2O/c12-9(7-1-3-10-5-7)8-2-4-11-6-8/h7-8,10-11H,1-6H2. The van der Waals surface area contributed by atoms with Crippen molar-refractivity contribution in [1.29, 1.82) is 0 Å². The van der Waals surface area contributed by atoms with Gasteiger partial charge in [0.15, 0.2) is 0 Å². The fourth-order valence-corrected chi connectivity index (χ4v) is 2.13. The van der Waals surface area contributed by atoms with E-state index in [0.29, 0.717) is 17.6 Å². The van der Waals surface area contributed by atoms with Crippen LogP contribution >= 0.6 is 0 Å². The predicted molar refractivity (Wildman–Crippen MR) is 47.0 cm³/mol. The first kappa shape index (κ1) is 8.20. The summed E-state index contributed by atoms with van der Waals surface area (Å²) in [6.45, 7) is 3.87. The van der Waals surface area contributed by atoms with Crippen LogP contribution in [0, 0.1) is 11.8 Å². The molecular formula is C9H16N2O. The second kappa shape index (κ2) is 3.54. The first-order chi connectivity index (χ1) is 5.88. The van der Waals surface area contributed by atoms with E-state index in [1.807, 2.05) is 0 Å². The first-order valence-electron chi connectivity index (χ1n) is 4.83. The van der Waals surface area contributed by atoms with Crippen molar-refractivity contribution >= 4 is 5.78 Å². The van der Waals surface area contributed by atoms with Crippen molar-refractivity contribution in [2.24, 2.45) is 11.8 Å². The highest BCUT2D eigenvalue weighted by Gasteiger charge is 2.30. The number of Topliss-reactive ketones (excluding diaryl/α,β-unsaturated/α-hetero) is 1. The van der Waals surface area contributed by atoms with E-state index in [1.165, 1.54) is 0 Å². The lowest BCUT2D eigenvalue weighted by Crippen LogP contribution is -2.26. The second-order valence-electron chi connectivity index (χ2n) is 3.78. The van der Waals surface area contributed by atoms with Gasteiger partial charge in [-0.2, -0.15) is 0 Å². The fourth-order valence-electron chi connectivity index (χ4n) is 2.13. The van der Waals surface area contributed by atoms with E-state index in [-0.39, 0.29) is 0 Å². The minimum absolute atomic E-state index is 0.315. The summed E-state index contributed by atoms with van der Waals surface area (Å²) in [6, 6.07) is 0. The van der Waals surface area contributed by atoms with Crippen LogP contribution in [-0.2, 0) is 4.79 Å². The monoisotopic (exact) mass is 168 g/mol. The Morgan fingerprint density at radius 3 is 1.83 bits per heavy atom. The average Bonchev–Trinajstić information content (AvgIpc) is 2.77. The Hall–Kier alpha value is -0.410. The third-order valence-electron chi connectivity index (χ3n) is 2.93. The maximum Gasteiger partial charge on any atom is 0.141 e. The van der Waals surface area contributed by atoms with Gasteiger partial charge in [-0.05, 0) is 25.9 Å². The Balaban J connectivity index is 1.89. The van der Waals surface area contributed by atoms with Crippen LogP contribution in [0.15, 0.2) is 0 Å². The molecule has 0 amide bonds. The molecule has 0 saturated carbocycles. The minimum atomic E-state index is 0.315. The molecule has 2 atom stereocenters. The van der Waals surface area contributed by atoms with Crippen molar-refractivity contribution in [1.82, 2.24) is 10.6 Å². The molecule has 2 saturated heterocycles. The number of rotatable bonds is 2. The van der Waals surface area contributed by atoms with Gasteiger partial charge in [-0.3, -0.25) is 4.79 Å². The van der Waals surface area contributed by atoms with Gasteiger partial charge in [0, 0.05) is 24.9 Å². The molecule has 0 aliphatic carbocycles. The summed E-state index contributed by atoms with van der Waals surface area (Å²) in [7, 11) is 0. The molecule has 3 nitrogen and oxygen atoms in total. The molecule has 2 aliphatic rings. The summed E-state index contributed by atoms with van der Waals surface area (Å²) in [6.07, 6.45) is 2.10. The SMILES string of the molecule is O=C(C1CCNC1)C1CCNC1. The Morgan fingerprint density at radius 2 is 1.50 bits per heavy atom. The largest absolute Gasteiger partial charge is 0.316 e. The molecule has 2 aliphatic heterocycles. The van der Waals surface area contributed by atoms with Crippen molar-refractivity contribution in [3.8, 4) is 0 Å². The number of hydrogen-bond acceptors (Lipinski definition) is 3. The highest BCUT2D eigenvalue weighted by Crippen LogP contribution is 2.18. The summed E-state index contributed by atoms with van der Waals surface area (Å²) in [5.41, 5.74) is 0. The molecule has 68 valence electrons. The molecule has 2 heterocycles. The number of ketones is 1. The highest BCUT2D eigenvalue weighted by atomic mass is 16.1. The summed E-state index contributed by atoms with van der Waals surface area (Å²) in [5, 5.41) is 6.47. The van der Waals surface area contributed by atoms with Crippen LogP contribution in [-0.4, -0.2) is 32.0 Å². The van der Waals surface area contributed by atoms with Gasteiger partial charge in [-0.15, -0.1) is 0 Å². The molecule has 0 radical (unpaired) electrons. The maximum absolute atomic E-state index is 11.8. The molecular weight excluding hydrogens is 152 g/mol. The third-order valence-corrected chi connectivity index (χ3v) is 2.93. The summed E-state index contributed by atoms with van der Waals surface area (Å²) < 4.78 is 0. The van der Waals surface area contributed by atoms with Crippen molar-refractivity contribution in [3.05, 3.63) is 0 Å². The van der Waals surface area contributed by atoms with Crippen LogP contribution in [0.4, 0.5) is 0 Å². The van der Waals surface area contributed by atoms with Crippen LogP contribution in [0.1, 0.15) is 12.8 Å². The predicted octanol–water partition coefficient (Wildman–Crippen LogP) is -0.225. The minimum Gasteiger partial charge on any atom is -0.316 e. The Morgan fingerprint density at radius 1 is 1.00 bits per heavy atom. The molecule has 0 aromatic heterocycles. The summed E-state index contributed by atoms with van der Waals surface area (Å²) >= 11 is 0. The van der Waals surface area contributed by atoms with E-state index < -0.39 is 0 Å². The van der Waals surface area contributed by atoms with Crippen molar-refractivity contribution in [2.45, 2.75) is 12.8 Å². The number of nitrogens with one attached hydrogen (secondary N) is 2. The average molecular weight is 168 g/mol. The molecule has 2 fully saturated rings. The molecule has 3 heteroatoms. The molecule has 12 heavy (non-hydrogen) atoms. The lowest BCUT2D eigenvalue weighted by molar-refractivity contribution is -0.125. The first-order valence-corrected chi connectivity index (χ1v) is 4.83. The van der Waals surface area contributed by atoms with Gasteiger partial charge in [-0.25, -0.2) is 0 Å². The Bertz CT molecular complexity index is 151. The number of hydrogen-bond donors (Lipinski definition) is 2. The molecule has 0 bridgehead atoms. The van der Waals surface area contributed by atoms with Gasteiger partial charge in [0.05, 0.1) is 0 Å². The van der Waals surface area contributed by atoms with Gasteiger partial charge in [0.1, 0.15) is 5.78 Å². The van der Waals surface area contributed by atoms with Gasteiger partial charge in [0.2, 0.25) is 0 Å². The van der Waals surface area contributed by atoms with Gasteiger partial charge < -0.3 is 10.6 Å². The Kier molecular flexibility index (Phi) is 2.42. The zero-order valence-corrected chi connectivity index (χ0v) is 7.31. The van der Waals surface area contributed by atoms with Crippen molar-refractivity contribution in [3.63, 3.8) is 0 Å². The van der Waals surface area contributed by atoms with E-state index in [4.69, 9.17) is 0 Å². The van der Waals surface area contributed by atoms with Crippen LogP contribution in [0.3, 0.4) is 0 Å². The lowest BCUT2D eigenvalue weighted by Gasteiger charge is -2.11. The van der Waals surface area contributed by atoms with Crippen molar-refractivity contribution < 1.29 is 4.79 Å². The molecule has 2 unspecified atom stereocenters. The third kappa shape index (κ3) is 1.52. The van der Waals surface area contributed by atoms with Crippen LogP contribution in [0.5, 0.6) is 0 Å². The normalized spacial score (nSPS) is 35.7. The zero-order valence-electron chi connectivity index (χ0n) is 7.31. The molecule has 2 rings (SSSR count). The summed E-state index contributed by atoms with van der Waals surface area (Å²) in [5.74, 6) is 1.12. The van der Waals surface area contributed by atoms with E-state index >= 15 is 0 Å². The fraction of sp³-hybridized carbons (Fsp3) is 0.889. The van der Waals surface area contributed by atoms with Gasteiger partial charge in [0.25, 0.3) is 0 Å². The van der Waals surface area contributed by atoms with E-state index in [2.05, 4.69) is 10.6 Å². The molecule has 0 aromatic rings. The van der Waals surface area contributed by atoms with Crippen LogP contribution in [0.25, 0.3) is 0 Å². The van der Waals surface area contributed by atoms with Crippen molar-refractivity contribution in [2.75, 3.05) is 26.2 Å². The topological polar surface area (TPSA) is 41.1 Å². The van der Waals surface area contributed by atoms with E-state index in [0.717, 1.165) is 39.0 Å². The smallest absolute Gasteiger partial charge is 0.141 e. The quantitative estimate of drug-likeness (QED) is 0.598.